The zero-order valence-corrected chi connectivity index (χ0v) is 19.7. The Kier molecular flexibility index (Phi) is 6.55. The van der Waals surface area contributed by atoms with Gasteiger partial charge in [0.25, 0.3) is 0 Å². The number of hydrogen-bond acceptors (Lipinski definition) is 6. The highest BCUT2D eigenvalue weighted by Gasteiger charge is 2.23. The van der Waals surface area contributed by atoms with Crippen LogP contribution in [0, 0.1) is 0 Å². The van der Waals surface area contributed by atoms with Gasteiger partial charge in [-0.3, -0.25) is 9.71 Å². The molecule has 0 bridgehead atoms. The van der Waals surface area contributed by atoms with Crippen molar-refractivity contribution in [2.24, 2.45) is 4.99 Å². The second-order valence-electron chi connectivity index (χ2n) is 7.96. The molecule has 1 aliphatic heterocycles. The molecule has 0 fully saturated rings. The van der Waals surface area contributed by atoms with Crippen LogP contribution in [0.1, 0.15) is 22.7 Å². The molecular formula is C25H27N3O4S. The lowest BCUT2D eigenvalue weighted by molar-refractivity contribution is 0.349. The lowest BCUT2D eigenvalue weighted by atomic mass is 9.95. The monoisotopic (exact) mass is 465 g/mol. The number of ether oxygens (including phenoxy) is 2. The molecule has 1 heterocycles. The van der Waals surface area contributed by atoms with Crippen molar-refractivity contribution in [2.75, 3.05) is 31.7 Å². The summed E-state index contributed by atoms with van der Waals surface area (Å²) in [5, 5.41) is 0. The molecule has 172 valence electrons. The summed E-state index contributed by atoms with van der Waals surface area (Å²) in [4.78, 5) is 7.19. The number of hydrogen-bond donors (Lipinski definition) is 1. The van der Waals surface area contributed by atoms with Crippen LogP contribution in [0.4, 0.5) is 5.69 Å². The van der Waals surface area contributed by atoms with Gasteiger partial charge in [-0.05, 0) is 53.1 Å². The first-order chi connectivity index (χ1) is 15.8. The second-order valence-corrected chi connectivity index (χ2v) is 9.71. The number of rotatable bonds is 7. The maximum absolute atomic E-state index is 11.4. The molecule has 3 aromatic carbocycles. The number of benzene rings is 3. The zero-order chi connectivity index (χ0) is 23.4. The Morgan fingerprint density at radius 1 is 1.00 bits per heavy atom. The minimum atomic E-state index is -3.32. The van der Waals surface area contributed by atoms with Gasteiger partial charge in [0.15, 0.2) is 0 Å². The Bertz CT molecular complexity index is 1240. The zero-order valence-electron chi connectivity index (χ0n) is 18.9. The summed E-state index contributed by atoms with van der Waals surface area (Å²) in [6.07, 6.45) is 1.12. The van der Waals surface area contributed by atoms with Crippen molar-refractivity contribution in [1.29, 1.82) is 0 Å². The van der Waals surface area contributed by atoms with E-state index in [1.807, 2.05) is 43.4 Å². The molecule has 8 heteroatoms. The highest BCUT2D eigenvalue weighted by Crippen LogP contribution is 2.33. The van der Waals surface area contributed by atoms with Crippen molar-refractivity contribution >= 4 is 21.5 Å². The summed E-state index contributed by atoms with van der Waals surface area (Å²) in [5.74, 6) is 2.26. The molecule has 3 aromatic rings. The second kappa shape index (κ2) is 9.54. The Morgan fingerprint density at radius 3 is 2.33 bits per heavy atom. The van der Waals surface area contributed by atoms with Gasteiger partial charge >= 0.3 is 0 Å². The summed E-state index contributed by atoms with van der Waals surface area (Å²) in [7, 11) is 0.345. The van der Waals surface area contributed by atoms with E-state index < -0.39 is 10.0 Å². The largest absolute Gasteiger partial charge is 0.497 e. The number of nitrogens with one attached hydrogen (secondary N) is 1. The van der Waals surface area contributed by atoms with Crippen LogP contribution in [0.3, 0.4) is 0 Å². The van der Waals surface area contributed by atoms with Crippen molar-refractivity contribution in [3.05, 3.63) is 89.5 Å². The maximum Gasteiger partial charge on any atom is 0.229 e. The van der Waals surface area contributed by atoms with E-state index in [0.717, 1.165) is 29.9 Å². The molecule has 4 rings (SSSR count). The topological polar surface area (TPSA) is 80.2 Å². The molecule has 7 nitrogen and oxygen atoms in total. The van der Waals surface area contributed by atoms with Crippen LogP contribution in [0.25, 0.3) is 0 Å². The first-order valence-electron chi connectivity index (χ1n) is 10.5. The normalized spacial score (nSPS) is 15.8. The standard InChI is InChI=1S/C25H27N3O4S/c1-28-16-19-6-4-5-7-23(19)25(18-8-12-21(31-2)13-9-18)26-24(28)17-32-22-14-10-20(11-15-22)27-33(3,29)30/h4-15,25,27H,16-17H2,1-3H3. The highest BCUT2D eigenvalue weighted by molar-refractivity contribution is 7.92. The quantitative estimate of drug-likeness (QED) is 0.569. The first-order valence-corrected chi connectivity index (χ1v) is 12.4. The molecule has 1 aliphatic rings. The Labute approximate surface area is 194 Å². The SMILES string of the molecule is COc1ccc(C2N=C(COc3ccc(NS(C)(=O)=O)cc3)N(C)Cc3ccccc32)cc1. The molecule has 0 saturated carbocycles. The molecule has 0 aliphatic carbocycles. The van der Waals surface area contributed by atoms with E-state index in [-0.39, 0.29) is 12.6 Å². The Morgan fingerprint density at radius 2 is 1.67 bits per heavy atom. The maximum atomic E-state index is 11.4. The number of amidine groups is 1. The molecule has 1 atom stereocenters. The van der Waals surface area contributed by atoms with Gasteiger partial charge in [0.1, 0.15) is 30.0 Å². The number of nitrogens with zero attached hydrogens (tertiary/aromatic N) is 2. The van der Waals surface area contributed by atoms with Gasteiger partial charge in [0, 0.05) is 19.3 Å². The van der Waals surface area contributed by atoms with Gasteiger partial charge in [-0.15, -0.1) is 0 Å². The molecular weight excluding hydrogens is 438 g/mol. The van der Waals surface area contributed by atoms with Crippen LogP contribution in [0.5, 0.6) is 11.5 Å². The highest BCUT2D eigenvalue weighted by atomic mass is 32.2. The fourth-order valence-electron chi connectivity index (χ4n) is 3.78. The van der Waals surface area contributed by atoms with Gasteiger partial charge in [0.2, 0.25) is 10.0 Å². The van der Waals surface area contributed by atoms with Crippen molar-refractivity contribution in [3.8, 4) is 11.5 Å². The molecule has 33 heavy (non-hydrogen) atoms. The van der Waals surface area contributed by atoms with Crippen molar-refractivity contribution in [3.63, 3.8) is 0 Å². The van der Waals surface area contributed by atoms with Crippen LogP contribution in [-0.2, 0) is 16.6 Å². The van der Waals surface area contributed by atoms with Crippen LogP contribution >= 0.6 is 0 Å². The molecule has 0 radical (unpaired) electrons. The fraction of sp³-hybridized carbons (Fsp3) is 0.240. The molecule has 1 N–H and O–H groups in total. The number of methoxy groups -OCH3 is 1. The number of anilines is 1. The number of fused-ring (bicyclic) bond motifs is 1. The third-order valence-electron chi connectivity index (χ3n) is 5.43. The molecule has 1 unspecified atom stereocenters. The molecule has 0 amide bonds. The van der Waals surface area contributed by atoms with Gasteiger partial charge in [0.05, 0.1) is 13.4 Å². The summed E-state index contributed by atoms with van der Waals surface area (Å²) in [6.45, 7) is 1.01. The molecule has 0 aromatic heterocycles. The number of aliphatic imine (C=N–C) groups is 1. The van der Waals surface area contributed by atoms with Crippen LogP contribution < -0.4 is 14.2 Å². The van der Waals surface area contributed by atoms with Crippen LogP contribution in [0.2, 0.25) is 0 Å². The summed E-state index contributed by atoms with van der Waals surface area (Å²) >= 11 is 0. The molecule has 0 saturated heterocycles. The molecule has 0 spiro atoms. The fourth-order valence-corrected chi connectivity index (χ4v) is 4.34. The average Bonchev–Trinajstić information content (AvgIpc) is 2.93. The lowest BCUT2D eigenvalue weighted by Gasteiger charge is -2.20. The van der Waals surface area contributed by atoms with Crippen LogP contribution in [-0.4, -0.2) is 46.2 Å². The average molecular weight is 466 g/mol. The van der Waals surface area contributed by atoms with E-state index in [9.17, 15) is 8.42 Å². The summed E-state index contributed by atoms with van der Waals surface area (Å²) in [6, 6.07) is 23.0. The minimum Gasteiger partial charge on any atom is -0.497 e. The van der Waals surface area contributed by atoms with E-state index >= 15 is 0 Å². The summed E-state index contributed by atoms with van der Waals surface area (Å²) in [5.41, 5.74) is 3.95. The van der Waals surface area contributed by atoms with Crippen molar-refractivity contribution in [2.45, 2.75) is 12.6 Å². The first kappa shape index (κ1) is 22.7. The van der Waals surface area contributed by atoms with Crippen LogP contribution in [0.15, 0.2) is 77.8 Å². The number of likely N-dealkylation sites (N-methyl/N-ethyl adjacent to an activating group) is 1. The predicted octanol–water partition coefficient (Wildman–Crippen LogP) is 4.08. The lowest BCUT2D eigenvalue weighted by Crippen LogP contribution is -2.30. The van der Waals surface area contributed by atoms with Crippen molar-refractivity contribution in [1.82, 2.24) is 4.90 Å². The van der Waals surface area contributed by atoms with E-state index in [0.29, 0.717) is 11.4 Å². The van der Waals surface area contributed by atoms with Gasteiger partial charge in [-0.1, -0.05) is 36.4 Å². The van der Waals surface area contributed by atoms with E-state index in [1.54, 1.807) is 31.4 Å². The third-order valence-corrected chi connectivity index (χ3v) is 6.04. The predicted molar refractivity (Wildman–Crippen MR) is 131 cm³/mol. The Balaban J connectivity index is 1.58. The van der Waals surface area contributed by atoms with Gasteiger partial charge in [-0.25, -0.2) is 8.42 Å². The minimum absolute atomic E-state index is 0.156. The van der Waals surface area contributed by atoms with Gasteiger partial charge < -0.3 is 14.4 Å². The van der Waals surface area contributed by atoms with Gasteiger partial charge in [-0.2, -0.15) is 0 Å². The van der Waals surface area contributed by atoms with E-state index in [4.69, 9.17) is 14.5 Å². The van der Waals surface area contributed by atoms with Crippen molar-refractivity contribution < 1.29 is 17.9 Å². The van der Waals surface area contributed by atoms with E-state index in [1.165, 1.54) is 11.1 Å². The smallest absolute Gasteiger partial charge is 0.229 e. The number of sulfonamides is 1. The third kappa shape index (κ3) is 5.64. The van der Waals surface area contributed by atoms with E-state index in [2.05, 4.69) is 21.8 Å². The summed E-state index contributed by atoms with van der Waals surface area (Å²) < 4.78 is 36.5. The Hall–Kier alpha value is -3.52.